The molecule has 0 radical (unpaired) electrons. The molecule has 0 spiro atoms. The van der Waals surface area contributed by atoms with Crippen molar-refractivity contribution in [1.82, 2.24) is 5.32 Å². The Hall–Kier alpha value is -2.82. The molecule has 126 valence electrons. The third kappa shape index (κ3) is 5.43. The molecule has 0 bridgehead atoms. The van der Waals surface area contributed by atoms with Gasteiger partial charge in [-0.2, -0.15) is 0 Å². The molecule has 2 rings (SSSR count). The van der Waals surface area contributed by atoms with Crippen molar-refractivity contribution in [2.24, 2.45) is 0 Å². The molecule has 0 aliphatic rings. The van der Waals surface area contributed by atoms with Gasteiger partial charge in [-0.25, -0.2) is 0 Å². The number of nitrogens with one attached hydrogen (secondary N) is 1. The molecule has 0 aliphatic heterocycles. The Morgan fingerprint density at radius 1 is 1.04 bits per heavy atom. The highest BCUT2D eigenvalue weighted by atomic mass is 16.5. The number of hydrogen-bond donors (Lipinski definition) is 2. The first-order valence-corrected chi connectivity index (χ1v) is 7.74. The first-order valence-electron chi connectivity index (χ1n) is 7.74. The van der Waals surface area contributed by atoms with Crippen molar-refractivity contribution in [3.63, 3.8) is 0 Å². The van der Waals surface area contributed by atoms with E-state index in [4.69, 9.17) is 9.84 Å². The van der Waals surface area contributed by atoms with Gasteiger partial charge in [0, 0.05) is 6.54 Å². The molecular formula is C19H21NO4. The molecule has 2 N–H and O–H groups in total. The smallest absolute Gasteiger partial charge is 0.307 e. The summed E-state index contributed by atoms with van der Waals surface area (Å²) in [6, 6.07) is 14.6. The number of ether oxygens (including phenoxy) is 1. The minimum absolute atomic E-state index is 0.0349. The van der Waals surface area contributed by atoms with Crippen molar-refractivity contribution >= 4 is 11.9 Å². The number of carboxylic acids is 1. The molecule has 0 unspecified atom stereocenters. The van der Waals surface area contributed by atoms with E-state index in [0.29, 0.717) is 17.9 Å². The van der Waals surface area contributed by atoms with Gasteiger partial charge in [-0.15, -0.1) is 0 Å². The Morgan fingerprint density at radius 2 is 1.62 bits per heavy atom. The van der Waals surface area contributed by atoms with Gasteiger partial charge in [-0.05, 0) is 37.1 Å². The Labute approximate surface area is 141 Å². The van der Waals surface area contributed by atoms with Gasteiger partial charge in [0.05, 0.1) is 6.42 Å². The lowest BCUT2D eigenvalue weighted by Gasteiger charge is -2.15. The summed E-state index contributed by atoms with van der Waals surface area (Å²) in [4.78, 5) is 22.7. The number of aliphatic carboxylic acids is 1. The maximum Gasteiger partial charge on any atom is 0.307 e. The molecule has 5 heteroatoms. The maximum absolute atomic E-state index is 12.1. The normalized spacial score (nSPS) is 11.6. The number of carboxylic acid groups (broad SMARTS) is 1. The fourth-order valence-corrected chi connectivity index (χ4v) is 2.16. The Kier molecular flexibility index (Phi) is 5.95. The third-order valence-corrected chi connectivity index (χ3v) is 3.55. The van der Waals surface area contributed by atoms with Crippen LogP contribution >= 0.6 is 0 Å². The van der Waals surface area contributed by atoms with Crippen LogP contribution in [0.3, 0.4) is 0 Å². The molecule has 0 aromatic heterocycles. The van der Waals surface area contributed by atoms with Gasteiger partial charge in [0.2, 0.25) is 0 Å². The second-order valence-electron chi connectivity index (χ2n) is 5.68. The van der Waals surface area contributed by atoms with Crippen molar-refractivity contribution in [3.05, 3.63) is 65.2 Å². The molecule has 0 aliphatic carbocycles. The van der Waals surface area contributed by atoms with Crippen LogP contribution in [-0.4, -0.2) is 23.1 Å². The predicted octanol–water partition coefficient (Wildman–Crippen LogP) is 2.71. The average Bonchev–Trinajstić information content (AvgIpc) is 2.55. The molecule has 0 heterocycles. The van der Waals surface area contributed by atoms with Crippen molar-refractivity contribution in [1.29, 1.82) is 0 Å². The van der Waals surface area contributed by atoms with Crippen molar-refractivity contribution in [2.75, 3.05) is 0 Å². The first-order chi connectivity index (χ1) is 11.4. The maximum atomic E-state index is 12.1. The van der Waals surface area contributed by atoms with Crippen LogP contribution in [0.5, 0.6) is 5.75 Å². The van der Waals surface area contributed by atoms with Gasteiger partial charge < -0.3 is 15.2 Å². The second kappa shape index (κ2) is 8.15. The highest BCUT2D eigenvalue weighted by molar-refractivity contribution is 5.80. The van der Waals surface area contributed by atoms with Crippen LogP contribution in [0.2, 0.25) is 0 Å². The van der Waals surface area contributed by atoms with Gasteiger partial charge >= 0.3 is 5.97 Å². The molecule has 1 amide bonds. The summed E-state index contributed by atoms with van der Waals surface area (Å²) in [6.45, 7) is 4.14. The lowest BCUT2D eigenvalue weighted by Crippen LogP contribution is -2.35. The molecule has 5 nitrogen and oxygen atoms in total. The average molecular weight is 327 g/mol. The Balaban J connectivity index is 1.84. The topological polar surface area (TPSA) is 75.6 Å². The van der Waals surface area contributed by atoms with Crippen LogP contribution in [0.4, 0.5) is 0 Å². The van der Waals surface area contributed by atoms with Crippen LogP contribution < -0.4 is 10.1 Å². The zero-order chi connectivity index (χ0) is 17.5. The van der Waals surface area contributed by atoms with Gasteiger partial charge in [-0.3, -0.25) is 9.59 Å². The lowest BCUT2D eigenvalue weighted by atomic mass is 10.1. The second-order valence-corrected chi connectivity index (χ2v) is 5.68. The van der Waals surface area contributed by atoms with E-state index in [0.717, 1.165) is 5.56 Å². The standard InChI is InChI=1S/C19H21NO4/c1-13-3-5-16(6-4-13)12-20-19(23)14(2)24-17-9-7-15(8-10-17)11-18(21)22/h3-10,14H,11-12H2,1-2H3,(H,20,23)(H,21,22)/t14-/m1/s1. The Morgan fingerprint density at radius 3 is 2.21 bits per heavy atom. The zero-order valence-electron chi connectivity index (χ0n) is 13.8. The molecule has 0 saturated carbocycles. The Bertz CT molecular complexity index is 692. The van der Waals surface area contributed by atoms with Crippen molar-refractivity contribution < 1.29 is 19.4 Å². The minimum atomic E-state index is -0.882. The largest absolute Gasteiger partial charge is 0.481 e. The lowest BCUT2D eigenvalue weighted by molar-refractivity contribution is -0.136. The summed E-state index contributed by atoms with van der Waals surface area (Å²) in [7, 11) is 0. The van der Waals surface area contributed by atoms with E-state index in [1.165, 1.54) is 5.56 Å². The highest BCUT2D eigenvalue weighted by Gasteiger charge is 2.14. The first kappa shape index (κ1) is 17.5. The van der Waals surface area contributed by atoms with E-state index in [-0.39, 0.29) is 12.3 Å². The summed E-state index contributed by atoms with van der Waals surface area (Å²) < 4.78 is 5.58. The fourth-order valence-electron chi connectivity index (χ4n) is 2.16. The van der Waals surface area contributed by atoms with Gasteiger partial charge in [0.25, 0.3) is 5.91 Å². The summed E-state index contributed by atoms with van der Waals surface area (Å²) in [6.07, 6.45) is -0.673. The van der Waals surface area contributed by atoms with E-state index in [1.807, 2.05) is 31.2 Å². The summed E-state index contributed by atoms with van der Waals surface area (Å²) >= 11 is 0. The number of benzene rings is 2. The quantitative estimate of drug-likeness (QED) is 0.820. The molecule has 24 heavy (non-hydrogen) atoms. The van der Waals surface area contributed by atoms with E-state index in [2.05, 4.69) is 5.32 Å². The zero-order valence-corrected chi connectivity index (χ0v) is 13.8. The van der Waals surface area contributed by atoms with Gasteiger partial charge in [0.15, 0.2) is 6.10 Å². The number of carbonyl (C=O) groups is 2. The minimum Gasteiger partial charge on any atom is -0.481 e. The number of rotatable bonds is 7. The van der Waals surface area contributed by atoms with Crippen LogP contribution in [-0.2, 0) is 22.6 Å². The predicted molar refractivity (Wildman–Crippen MR) is 90.9 cm³/mol. The number of carbonyl (C=O) groups excluding carboxylic acids is 1. The molecule has 2 aromatic carbocycles. The molecule has 1 atom stereocenters. The number of aryl methyl sites for hydroxylation is 1. The van der Waals surface area contributed by atoms with Crippen molar-refractivity contribution in [2.45, 2.75) is 32.9 Å². The van der Waals surface area contributed by atoms with E-state index < -0.39 is 12.1 Å². The van der Waals surface area contributed by atoms with Crippen LogP contribution in [0.25, 0.3) is 0 Å². The van der Waals surface area contributed by atoms with Crippen LogP contribution in [0.1, 0.15) is 23.6 Å². The molecule has 0 fully saturated rings. The van der Waals surface area contributed by atoms with Crippen molar-refractivity contribution in [3.8, 4) is 5.75 Å². The number of hydrogen-bond acceptors (Lipinski definition) is 3. The van der Waals surface area contributed by atoms with Gasteiger partial charge in [-0.1, -0.05) is 42.0 Å². The van der Waals surface area contributed by atoms with Crippen LogP contribution in [0.15, 0.2) is 48.5 Å². The monoisotopic (exact) mass is 327 g/mol. The fraction of sp³-hybridized carbons (Fsp3) is 0.263. The van der Waals surface area contributed by atoms with E-state index >= 15 is 0 Å². The molecule has 0 saturated heterocycles. The summed E-state index contributed by atoms with van der Waals surface area (Å²) in [5.41, 5.74) is 2.89. The van der Waals surface area contributed by atoms with E-state index in [9.17, 15) is 9.59 Å². The third-order valence-electron chi connectivity index (χ3n) is 3.55. The summed E-state index contributed by atoms with van der Waals surface area (Å²) in [5.74, 6) is -0.556. The molecule has 2 aromatic rings. The summed E-state index contributed by atoms with van der Waals surface area (Å²) in [5, 5.41) is 11.6. The molecular weight excluding hydrogens is 306 g/mol. The van der Waals surface area contributed by atoms with E-state index in [1.54, 1.807) is 31.2 Å². The highest BCUT2D eigenvalue weighted by Crippen LogP contribution is 2.14. The number of amides is 1. The van der Waals surface area contributed by atoms with Gasteiger partial charge in [0.1, 0.15) is 5.75 Å². The van der Waals surface area contributed by atoms with Crippen LogP contribution in [0, 0.1) is 6.92 Å². The SMILES string of the molecule is Cc1ccc(CNC(=O)[C@@H](C)Oc2ccc(CC(=O)O)cc2)cc1.